The SMILES string of the molecule is O=C(CCN1C(=O)c2c(Br)c(Br)c(Br)c(Br)c2C1=O)Nc1ccccc1-c1nc2cc(Cl)ccc2o1. The Morgan fingerprint density at radius 1 is 0.944 bits per heavy atom. The molecule has 0 radical (unpaired) electrons. The van der Waals surface area contributed by atoms with Crippen LogP contribution in [0.25, 0.3) is 22.6 Å². The van der Waals surface area contributed by atoms with Crippen molar-refractivity contribution >= 4 is 110 Å². The number of hydrogen-bond donors (Lipinski definition) is 1. The first-order chi connectivity index (χ1) is 17.2. The van der Waals surface area contributed by atoms with Gasteiger partial charge in [0.1, 0.15) is 5.52 Å². The maximum absolute atomic E-state index is 13.0. The topological polar surface area (TPSA) is 92.5 Å². The van der Waals surface area contributed by atoms with Crippen LogP contribution >= 0.6 is 75.3 Å². The third kappa shape index (κ3) is 4.45. The Morgan fingerprint density at radius 3 is 2.25 bits per heavy atom. The van der Waals surface area contributed by atoms with Gasteiger partial charge in [0.2, 0.25) is 11.8 Å². The van der Waals surface area contributed by atoms with Gasteiger partial charge in [-0.15, -0.1) is 0 Å². The minimum atomic E-state index is -0.478. The Hall–Kier alpha value is -2.05. The average Bonchev–Trinajstić information content (AvgIpc) is 3.38. The Labute approximate surface area is 243 Å². The van der Waals surface area contributed by atoms with Gasteiger partial charge in [0.25, 0.3) is 11.8 Å². The van der Waals surface area contributed by atoms with Crippen molar-refractivity contribution in [2.75, 3.05) is 11.9 Å². The van der Waals surface area contributed by atoms with Crippen molar-refractivity contribution in [3.8, 4) is 11.5 Å². The number of carbonyl (C=O) groups excluding carboxylic acids is 3. The smallest absolute Gasteiger partial charge is 0.262 e. The predicted molar refractivity (Wildman–Crippen MR) is 150 cm³/mol. The number of fused-ring (bicyclic) bond motifs is 2. The van der Waals surface area contributed by atoms with E-state index in [1.54, 1.807) is 42.5 Å². The minimum absolute atomic E-state index is 0.0874. The van der Waals surface area contributed by atoms with Gasteiger partial charge in [0.15, 0.2) is 5.58 Å². The van der Waals surface area contributed by atoms with Crippen molar-refractivity contribution in [2.24, 2.45) is 0 Å². The molecular weight excluding hydrogens is 749 g/mol. The van der Waals surface area contributed by atoms with E-state index >= 15 is 0 Å². The van der Waals surface area contributed by atoms with E-state index < -0.39 is 11.8 Å². The number of halogens is 5. The van der Waals surface area contributed by atoms with E-state index in [9.17, 15) is 14.4 Å². The van der Waals surface area contributed by atoms with Crippen molar-refractivity contribution < 1.29 is 18.8 Å². The fourth-order valence-electron chi connectivity index (χ4n) is 3.82. The first-order valence-electron chi connectivity index (χ1n) is 10.3. The Balaban J connectivity index is 1.34. The first kappa shape index (κ1) is 25.6. The summed E-state index contributed by atoms with van der Waals surface area (Å²) in [5, 5.41) is 3.37. The highest BCUT2D eigenvalue weighted by Gasteiger charge is 2.40. The monoisotopic (exact) mass is 757 g/mol. The number of hydrogen-bond acceptors (Lipinski definition) is 5. The van der Waals surface area contributed by atoms with Gasteiger partial charge in [0.05, 0.1) is 22.4 Å². The molecular formula is C24H12Br4ClN3O4. The predicted octanol–water partition coefficient (Wildman–Crippen LogP) is 7.82. The Bertz CT molecular complexity index is 1560. The van der Waals surface area contributed by atoms with Gasteiger partial charge in [-0.3, -0.25) is 19.3 Å². The lowest BCUT2D eigenvalue weighted by Gasteiger charge is -2.14. The van der Waals surface area contributed by atoms with Crippen LogP contribution in [0.3, 0.4) is 0 Å². The lowest BCUT2D eigenvalue weighted by molar-refractivity contribution is -0.116. The van der Waals surface area contributed by atoms with Crippen LogP contribution in [0, 0.1) is 0 Å². The van der Waals surface area contributed by atoms with Gasteiger partial charge >= 0.3 is 0 Å². The van der Waals surface area contributed by atoms with Crippen LogP contribution in [-0.2, 0) is 4.79 Å². The summed E-state index contributed by atoms with van der Waals surface area (Å²) in [5.74, 6) is -1.00. The van der Waals surface area contributed by atoms with Gasteiger partial charge < -0.3 is 9.73 Å². The van der Waals surface area contributed by atoms with Crippen molar-refractivity contribution in [2.45, 2.75) is 6.42 Å². The molecule has 0 fully saturated rings. The number of nitrogens with zero attached hydrogens (tertiary/aromatic N) is 2. The molecule has 0 aliphatic carbocycles. The summed E-state index contributed by atoms with van der Waals surface area (Å²) in [5.41, 5.74) is 2.71. The number of amides is 3. The van der Waals surface area contributed by atoms with E-state index in [0.717, 1.165) is 4.90 Å². The number of para-hydroxylation sites is 1. The van der Waals surface area contributed by atoms with Crippen LogP contribution in [0.15, 0.2) is 64.8 Å². The quantitative estimate of drug-likeness (QED) is 0.127. The lowest BCUT2D eigenvalue weighted by Crippen LogP contribution is -2.33. The Morgan fingerprint density at radius 2 is 1.58 bits per heavy atom. The summed E-state index contributed by atoms with van der Waals surface area (Å²) in [6.45, 7) is -0.0874. The first-order valence-corrected chi connectivity index (χ1v) is 13.9. The Kier molecular flexibility index (Phi) is 7.12. The highest BCUT2D eigenvalue weighted by molar-refractivity contribution is 9.15. The molecule has 0 unspecified atom stereocenters. The molecule has 1 N–H and O–H groups in total. The van der Waals surface area contributed by atoms with Crippen LogP contribution in [0.1, 0.15) is 27.1 Å². The van der Waals surface area contributed by atoms with Gasteiger partial charge in [-0.1, -0.05) is 23.7 Å². The van der Waals surface area contributed by atoms with E-state index in [2.05, 4.69) is 74.0 Å². The fourth-order valence-corrected chi connectivity index (χ4v) is 6.44. The highest BCUT2D eigenvalue weighted by atomic mass is 79.9. The fraction of sp³-hybridized carbons (Fsp3) is 0.0833. The summed E-state index contributed by atoms with van der Waals surface area (Å²) in [6.07, 6.45) is -0.0967. The molecule has 3 amide bonds. The van der Waals surface area contributed by atoms with E-state index in [1.165, 1.54) is 0 Å². The number of benzene rings is 3. The summed E-state index contributed by atoms with van der Waals surface area (Å²) in [7, 11) is 0. The molecule has 0 saturated carbocycles. The molecule has 1 aliphatic heterocycles. The number of oxazole rings is 1. The molecule has 0 saturated heterocycles. The summed E-state index contributed by atoms with van der Waals surface area (Å²) < 4.78 is 7.98. The van der Waals surface area contributed by atoms with Gasteiger partial charge in [-0.25, -0.2) is 4.98 Å². The van der Waals surface area contributed by atoms with E-state index in [4.69, 9.17) is 16.0 Å². The number of carbonyl (C=O) groups is 3. The number of nitrogens with one attached hydrogen (secondary N) is 1. The number of anilines is 1. The zero-order valence-corrected chi connectivity index (χ0v) is 25.0. The summed E-state index contributed by atoms with van der Waals surface area (Å²) in [6, 6.07) is 12.2. The van der Waals surface area contributed by atoms with Crippen LogP contribution in [0.2, 0.25) is 5.02 Å². The van der Waals surface area contributed by atoms with Gasteiger partial charge in [-0.05, 0) is 94.1 Å². The van der Waals surface area contributed by atoms with E-state index in [0.29, 0.717) is 51.2 Å². The molecule has 12 heteroatoms. The molecule has 1 aromatic heterocycles. The van der Waals surface area contributed by atoms with Crippen molar-refractivity contribution in [3.05, 3.63) is 76.5 Å². The lowest BCUT2D eigenvalue weighted by atomic mass is 10.1. The third-order valence-corrected chi connectivity index (χ3v) is 10.5. The maximum Gasteiger partial charge on any atom is 0.262 e. The molecule has 0 spiro atoms. The zero-order valence-electron chi connectivity index (χ0n) is 17.9. The second kappa shape index (κ2) is 10.0. The van der Waals surface area contributed by atoms with E-state index in [-0.39, 0.29) is 30.0 Å². The minimum Gasteiger partial charge on any atom is -0.436 e. The van der Waals surface area contributed by atoms with Crippen molar-refractivity contribution in [1.29, 1.82) is 0 Å². The number of aromatic nitrogens is 1. The van der Waals surface area contributed by atoms with Crippen LogP contribution in [0.5, 0.6) is 0 Å². The number of imide groups is 1. The van der Waals surface area contributed by atoms with Crippen LogP contribution in [0.4, 0.5) is 5.69 Å². The number of rotatable bonds is 5. The molecule has 182 valence electrons. The molecule has 3 aromatic carbocycles. The molecule has 5 rings (SSSR count). The van der Waals surface area contributed by atoms with Gasteiger partial charge in [-0.2, -0.15) is 0 Å². The molecule has 4 aromatic rings. The van der Waals surface area contributed by atoms with Crippen molar-refractivity contribution in [3.63, 3.8) is 0 Å². The second-order valence-electron chi connectivity index (χ2n) is 7.74. The van der Waals surface area contributed by atoms with E-state index in [1.807, 2.05) is 0 Å². The molecule has 1 aliphatic rings. The largest absolute Gasteiger partial charge is 0.436 e. The molecule has 0 bridgehead atoms. The molecule has 0 atom stereocenters. The van der Waals surface area contributed by atoms with Gasteiger partial charge in [0, 0.05) is 35.9 Å². The third-order valence-electron chi connectivity index (χ3n) is 5.53. The van der Waals surface area contributed by atoms with Crippen LogP contribution < -0.4 is 5.32 Å². The molecule has 36 heavy (non-hydrogen) atoms. The summed E-state index contributed by atoms with van der Waals surface area (Å²) >= 11 is 19.6. The molecule has 2 heterocycles. The highest BCUT2D eigenvalue weighted by Crippen LogP contribution is 2.45. The molecule has 7 nitrogen and oxygen atoms in total. The normalized spacial score (nSPS) is 13.0. The maximum atomic E-state index is 13.0. The second-order valence-corrected chi connectivity index (χ2v) is 11.4. The zero-order chi connectivity index (χ0) is 25.7. The van der Waals surface area contributed by atoms with Crippen molar-refractivity contribution in [1.82, 2.24) is 9.88 Å². The average molecular weight is 761 g/mol. The summed E-state index contributed by atoms with van der Waals surface area (Å²) in [4.78, 5) is 44.4. The standard InChI is InChI=1S/C24H12Br4ClN3O4/c25-18-16-17(19(26)21(28)20(18)27)24(35)32(23(16)34)8-7-15(33)30-12-4-2-1-3-11(12)22-31-13-9-10(29)5-6-14(13)36-22/h1-6,9H,7-8H2,(H,30,33). The van der Waals surface area contributed by atoms with Crippen LogP contribution in [-0.4, -0.2) is 34.2 Å².